The standard InChI is InChI=1S/C19H22N4O4/c24-18(25)13-27-16-3-1-2-14(10-16)11-22-19(26)15-4-8-23(9-5-15)17-12-20-6-7-21-17/h1-3,6-7,10,12,15H,4-5,8-9,11,13H2,(H,22,26)(H,24,25). The molecule has 0 spiro atoms. The predicted molar refractivity (Wildman–Crippen MR) is 98.4 cm³/mol. The summed E-state index contributed by atoms with van der Waals surface area (Å²) in [4.78, 5) is 33.5. The largest absolute Gasteiger partial charge is 0.482 e. The lowest BCUT2D eigenvalue weighted by Crippen LogP contribution is -2.40. The zero-order chi connectivity index (χ0) is 19.1. The molecule has 1 aliphatic rings. The first-order chi connectivity index (χ1) is 13.1. The van der Waals surface area contributed by atoms with Gasteiger partial charge in [0.2, 0.25) is 5.91 Å². The molecule has 0 unspecified atom stereocenters. The van der Waals surface area contributed by atoms with E-state index < -0.39 is 5.97 Å². The molecule has 27 heavy (non-hydrogen) atoms. The van der Waals surface area contributed by atoms with Crippen molar-refractivity contribution in [2.75, 3.05) is 24.6 Å². The van der Waals surface area contributed by atoms with Gasteiger partial charge in [-0.15, -0.1) is 0 Å². The number of carboxylic acids is 1. The third-order valence-electron chi connectivity index (χ3n) is 4.47. The Morgan fingerprint density at radius 1 is 1.26 bits per heavy atom. The van der Waals surface area contributed by atoms with E-state index in [-0.39, 0.29) is 18.4 Å². The zero-order valence-electron chi connectivity index (χ0n) is 14.9. The number of carbonyl (C=O) groups is 2. The van der Waals surface area contributed by atoms with Crippen molar-refractivity contribution in [2.45, 2.75) is 19.4 Å². The molecule has 0 saturated carbocycles. The smallest absolute Gasteiger partial charge is 0.341 e. The van der Waals surface area contributed by atoms with E-state index in [2.05, 4.69) is 20.2 Å². The van der Waals surface area contributed by atoms with Gasteiger partial charge in [0.1, 0.15) is 11.6 Å². The fourth-order valence-corrected chi connectivity index (χ4v) is 3.05. The van der Waals surface area contributed by atoms with Crippen LogP contribution in [0.5, 0.6) is 5.75 Å². The van der Waals surface area contributed by atoms with E-state index in [1.54, 1.807) is 36.8 Å². The highest BCUT2D eigenvalue weighted by atomic mass is 16.5. The van der Waals surface area contributed by atoms with Crippen molar-refractivity contribution in [1.29, 1.82) is 0 Å². The minimum atomic E-state index is -1.03. The molecule has 8 heteroatoms. The van der Waals surface area contributed by atoms with E-state index in [4.69, 9.17) is 9.84 Å². The molecule has 0 aliphatic carbocycles. The van der Waals surface area contributed by atoms with Crippen LogP contribution in [0, 0.1) is 5.92 Å². The van der Waals surface area contributed by atoms with E-state index in [0.29, 0.717) is 12.3 Å². The number of carbonyl (C=O) groups excluding carboxylic acids is 1. The van der Waals surface area contributed by atoms with Gasteiger partial charge in [0, 0.05) is 37.9 Å². The maximum Gasteiger partial charge on any atom is 0.341 e. The van der Waals surface area contributed by atoms with Gasteiger partial charge >= 0.3 is 5.97 Å². The lowest BCUT2D eigenvalue weighted by molar-refractivity contribution is -0.139. The number of carboxylic acid groups (broad SMARTS) is 1. The van der Waals surface area contributed by atoms with Gasteiger partial charge in [0.05, 0.1) is 6.20 Å². The number of hydrogen-bond acceptors (Lipinski definition) is 6. The van der Waals surface area contributed by atoms with Crippen molar-refractivity contribution in [3.05, 3.63) is 48.4 Å². The van der Waals surface area contributed by atoms with Crippen LogP contribution in [0.4, 0.5) is 5.82 Å². The van der Waals surface area contributed by atoms with Crippen molar-refractivity contribution in [2.24, 2.45) is 5.92 Å². The average molecular weight is 370 g/mol. The maximum atomic E-state index is 12.4. The van der Waals surface area contributed by atoms with Gasteiger partial charge in [-0.25, -0.2) is 9.78 Å². The van der Waals surface area contributed by atoms with E-state index in [1.165, 1.54) is 0 Å². The molecule has 1 amide bonds. The molecule has 0 bridgehead atoms. The number of ether oxygens (including phenoxy) is 1. The fourth-order valence-electron chi connectivity index (χ4n) is 3.05. The van der Waals surface area contributed by atoms with Crippen LogP contribution >= 0.6 is 0 Å². The van der Waals surface area contributed by atoms with Gasteiger partial charge < -0.3 is 20.1 Å². The molecule has 2 N–H and O–H groups in total. The summed E-state index contributed by atoms with van der Waals surface area (Å²) in [5.41, 5.74) is 0.864. The van der Waals surface area contributed by atoms with Crippen molar-refractivity contribution in [3.8, 4) is 5.75 Å². The van der Waals surface area contributed by atoms with Crippen LogP contribution in [-0.2, 0) is 16.1 Å². The second-order valence-electron chi connectivity index (χ2n) is 6.37. The molecule has 1 aliphatic heterocycles. The van der Waals surface area contributed by atoms with E-state index in [9.17, 15) is 9.59 Å². The van der Waals surface area contributed by atoms with E-state index in [1.807, 2.05) is 6.07 Å². The minimum Gasteiger partial charge on any atom is -0.482 e. The number of aromatic nitrogens is 2. The first-order valence-corrected chi connectivity index (χ1v) is 8.84. The van der Waals surface area contributed by atoms with Gasteiger partial charge in [-0.2, -0.15) is 0 Å². The molecule has 0 atom stereocenters. The van der Waals surface area contributed by atoms with Crippen LogP contribution in [-0.4, -0.2) is 46.6 Å². The van der Waals surface area contributed by atoms with Crippen LogP contribution in [0.25, 0.3) is 0 Å². The second kappa shape index (κ2) is 8.98. The number of benzene rings is 1. The summed E-state index contributed by atoms with van der Waals surface area (Å²) in [5, 5.41) is 11.6. The van der Waals surface area contributed by atoms with Crippen molar-refractivity contribution in [3.63, 3.8) is 0 Å². The third-order valence-corrected chi connectivity index (χ3v) is 4.47. The summed E-state index contributed by atoms with van der Waals surface area (Å²) >= 11 is 0. The SMILES string of the molecule is O=C(O)COc1cccc(CNC(=O)C2CCN(c3cnccn3)CC2)c1. The topological polar surface area (TPSA) is 105 Å². The molecule has 1 saturated heterocycles. The molecule has 142 valence electrons. The van der Waals surface area contributed by atoms with Crippen LogP contribution < -0.4 is 15.0 Å². The van der Waals surface area contributed by atoms with Crippen LogP contribution in [0.2, 0.25) is 0 Å². The zero-order valence-corrected chi connectivity index (χ0v) is 14.9. The highest BCUT2D eigenvalue weighted by Gasteiger charge is 2.25. The monoisotopic (exact) mass is 370 g/mol. The van der Waals surface area contributed by atoms with Crippen LogP contribution in [0.1, 0.15) is 18.4 Å². The Kier molecular flexibility index (Phi) is 6.19. The normalized spacial score (nSPS) is 14.6. The number of aliphatic carboxylic acids is 1. The Bertz CT molecular complexity index is 776. The summed E-state index contributed by atoms with van der Waals surface area (Å²) in [7, 11) is 0. The number of nitrogens with one attached hydrogen (secondary N) is 1. The lowest BCUT2D eigenvalue weighted by Gasteiger charge is -2.31. The summed E-state index contributed by atoms with van der Waals surface area (Å²) < 4.78 is 5.16. The van der Waals surface area contributed by atoms with Crippen LogP contribution in [0.3, 0.4) is 0 Å². The molecule has 2 aromatic rings. The maximum absolute atomic E-state index is 12.4. The number of hydrogen-bond donors (Lipinski definition) is 2. The summed E-state index contributed by atoms with van der Waals surface area (Å²) in [6.45, 7) is 1.54. The summed E-state index contributed by atoms with van der Waals surface area (Å²) in [5.74, 6) is 0.299. The minimum absolute atomic E-state index is 0.0237. The van der Waals surface area contributed by atoms with Crippen molar-refractivity contribution < 1.29 is 19.4 Å². The summed E-state index contributed by atoms with van der Waals surface area (Å²) in [6, 6.07) is 7.07. The molecular formula is C19H22N4O4. The number of nitrogens with zero attached hydrogens (tertiary/aromatic N) is 3. The molecule has 2 heterocycles. The van der Waals surface area contributed by atoms with Crippen molar-refractivity contribution in [1.82, 2.24) is 15.3 Å². The predicted octanol–water partition coefficient (Wildman–Crippen LogP) is 1.47. The van der Waals surface area contributed by atoms with Crippen molar-refractivity contribution >= 4 is 17.7 Å². The van der Waals surface area contributed by atoms with Crippen LogP contribution in [0.15, 0.2) is 42.9 Å². The Morgan fingerprint density at radius 3 is 2.78 bits per heavy atom. The number of rotatable bonds is 7. The first kappa shape index (κ1) is 18.6. The third kappa shape index (κ3) is 5.40. The van der Waals surface area contributed by atoms with E-state index >= 15 is 0 Å². The fraction of sp³-hybridized carbons (Fsp3) is 0.368. The van der Waals surface area contributed by atoms with Gasteiger partial charge in [-0.05, 0) is 30.5 Å². The first-order valence-electron chi connectivity index (χ1n) is 8.84. The Labute approximate surface area is 157 Å². The van der Waals surface area contributed by atoms with Gasteiger partial charge in [-0.1, -0.05) is 12.1 Å². The molecule has 1 aromatic carbocycles. The average Bonchev–Trinajstić information content (AvgIpc) is 2.71. The summed E-state index contributed by atoms with van der Waals surface area (Å²) in [6.07, 6.45) is 6.59. The number of piperidine rings is 1. The highest BCUT2D eigenvalue weighted by molar-refractivity contribution is 5.79. The van der Waals surface area contributed by atoms with Gasteiger partial charge in [-0.3, -0.25) is 9.78 Å². The number of amides is 1. The molecule has 3 rings (SSSR count). The molecule has 1 fully saturated rings. The van der Waals surface area contributed by atoms with Gasteiger partial charge in [0.15, 0.2) is 6.61 Å². The second-order valence-corrected chi connectivity index (χ2v) is 6.37. The van der Waals surface area contributed by atoms with E-state index in [0.717, 1.165) is 37.3 Å². The molecule has 1 aromatic heterocycles. The van der Waals surface area contributed by atoms with Gasteiger partial charge in [0.25, 0.3) is 0 Å². The Hall–Kier alpha value is -3.16. The highest BCUT2D eigenvalue weighted by Crippen LogP contribution is 2.21. The Morgan fingerprint density at radius 2 is 2.07 bits per heavy atom. The molecule has 0 radical (unpaired) electrons. The number of anilines is 1. The lowest BCUT2D eigenvalue weighted by atomic mass is 9.96. The molecule has 8 nitrogen and oxygen atoms in total. The quantitative estimate of drug-likeness (QED) is 0.760. The Balaban J connectivity index is 1.46. The molecular weight excluding hydrogens is 348 g/mol.